The highest BCUT2D eigenvalue weighted by molar-refractivity contribution is 5.77. The monoisotopic (exact) mass is 448 g/mol. The molecule has 1 amide bonds. The van der Waals surface area contributed by atoms with E-state index in [2.05, 4.69) is 26.3 Å². The first-order valence-electron chi connectivity index (χ1n) is 11.4. The third kappa shape index (κ3) is 6.83. The Kier molecular flexibility index (Phi) is 7.98. The lowest BCUT2D eigenvalue weighted by Crippen LogP contribution is -2.29. The van der Waals surface area contributed by atoms with Crippen molar-refractivity contribution in [3.8, 4) is 17.1 Å². The van der Waals surface area contributed by atoms with E-state index in [4.69, 9.17) is 4.74 Å². The van der Waals surface area contributed by atoms with E-state index < -0.39 is 0 Å². The number of nitrogens with zero attached hydrogens (tertiary/aromatic N) is 3. The molecule has 0 spiro atoms. The molecule has 0 radical (unpaired) electrons. The molecule has 1 aromatic heterocycles. The lowest BCUT2D eigenvalue weighted by molar-refractivity contribution is -0.123. The number of halogens is 1. The molecule has 0 unspecified atom stereocenters. The zero-order valence-electron chi connectivity index (χ0n) is 18.7. The van der Waals surface area contributed by atoms with Gasteiger partial charge in [0.1, 0.15) is 11.6 Å². The van der Waals surface area contributed by atoms with Crippen molar-refractivity contribution in [3.05, 3.63) is 77.9 Å². The van der Waals surface area contributed by atoms with Gasteiger partial charge in [-0.1, -0.05) is 25.0 Å². The van der Waals surface area contributed by atoms with Gasteiger partial charge in [0.2, 0.25) is 0 Å². The normalized spacial score (nSPS) is 14.5. The molecule has 0 atom stereocenters. The maximum Gasteiger partial charge on any atom is 0.258 e. The number of aromatic nitrogens is 2. The molecule has 3 aromatic rings. The topological polar surface area (TPSA) is 67.3 Å². The molecule has 0 saturated carbocycles. The van der Waals surface area contributed by atoms with E-state index >= 15 is 0 Å². The van der Waals surface area contributed by atoms with Crippen molar-refractivity contribution in [2.45, 2.75) is 38.8 Å². The Morgan fingerprint density at radius 1 is 1.00 bits per heavy atom. The van der Waals surface area contributed by atoms with Crippen molar-refractivity contribution in [2.24, 2.45) is 0 Å². The average molecular weight is 449 g/mol. The van der Waals surface area contributed by atoms with Gasteiger partial charge in [0, 0.05) is 36.6 Å². The first kappa shape index (κ1) is 22.9. The minimum absolute atomic E-state index is 0.108. The number of likely N-dealkylation sites (tertiary alicyclic amines) is 1. The van der Waals surface area contributed by atoms with Crippen molar-refractivity contribution >= 4 is 5.91 Å². The second kappa shape index (κ2) is 11.5. The summed E-state index contributed by atoms with van der Waals surface area (Å²) in [5, 5.41) is 2.78. The number of amides is 1. The molecule has 7 heteroatoms. The van der Waals surface area contributed by atoms with Crippen molar-refractivity contribution in [3.63, 3.8) is 0 Å². The van der Waals surface area contributed by atoms with Crippen LogP contribution in [0.1, 0.15) is 36.8 Å². The van der Waals surface area contributed by atoms with Gasteiger partial charge in [-0.25, -0.2) is 14.4 Å². The highest BCUT2D eigenvalue weighted by Gasteiger charge is 2.15. The average Bonchev–Trinajstić information content (AvgIpc) is 3.11. The number of nitrogens with one attached hydrogen (secondary N) is 1. The van der Waals surface area contributed by atoms with Crippen LogP contribution in [0.4, 0.5) is 4.39 Å². The molecule has 2 heterocycles. The van der Waals surface area contributed by atoms with Gasteiger partial charge in [0.05, 0.1) is 0 Å². The van der Waals surface area contributed by atoms with Crippen LogP contribution in [-0.4, -0.2) is 40.5 Å². The van der Waals surface area contributed by atoms with Gasteiger partial charge in [0.15, 0.2) is 12.4 Å². The summed E-state index contributed by atoms with van der Waals surface area (Å²) in [7, 11) is 0. The van der Waals surface area contributed by atoms with Crippen molar-refractivity contribution in [1.82, 2.24) is 20.2 Å². The zero-order chi connectivity index (χ0) is 22.9. The van der Waals surface area contributed by atoms with Gasteiger partial charge in [-0.15, -0.1) is 0 Å². The van der Waals surface area contributed by atoms with E-state index in [1.54, 1.807) is 30.6 Å². The van der Waals surface area contributed by atoms with Crippen LogP contribution < -0.4 is 10.1 Å². The summed E-state index contributed by atoms with van der Waals surface area (Å²) in [6, 6.07) is 13.8. The zero-order valence-corrected chi connectivity index (χ0v) is 18.7. The number of hydrogen-bond acceptors (Lipinski definition) is 5. The summed E-state index contributed by atoms with van der Waals surface area (Å²) >= 11 is 0. The van der Waals surface area contributed by atoms with E-state index in [1.165, 1.54) is 37.8 Å². The second-order valence-corrected chi connectivity index (χ2v) is 8.28. The maximum atomic E-state index is 13.3. The third-order valence-electron chi connectivity index (χ3n) is 5.71. The molecule has 1 aliphatic heterocycles. The van der Waals surface area contributed by atoms with E-state index in [1.807, 2.05) is 12.1 Å². The predicted octanol–water partition coefficient (Wildman–Crippen LogP) is 4.35. The molecular formula is C26H29FN4O2. The molecule has 1 saturated heterocycles. The lowest BCUT2D eigenvalue weighted by Gasteiger charge is -2.22. The number of ether oxygens (including phenoxy) is 1. The summed E-state index contributed by atoms with van der Waals surface area (Å²) < 4.78 is 19.2. The Balaban J connectivity index is 1.44. The fourth-order valence-corrected chi connectivity index (χ4v) is 4.01. The van der Waals surface area contributed by atoms with Gasteiger partial charge in [-0.2, -0.15) is 0 Å². The highest BCUT2D eigenvalue weighted by Crippen LogP contribution is 2.27. The Labute approximate surface area is 193 Å². The van der Waals surface area contributed by atoms with E-state index in [0.29, 0.717) is 17.1 Å². The molecule has 0 aliphatic carbocycles. The molecule has 6 nitrogen and oxygen atoms in total. The molecule has 4 rings (SSSR count). The molecular weight excluding hydrogens is 419 g/mol. The summed E-state index contributed by atoms with van der Waals surface area (Å²) in [4.78, 5) is 23.5. The number of carbonyl (C=O) groups excluding carboxylic acids is 1. The molecule has 1 fully saturated rings. The minimum atomic E-state index is -0.321. The fourth-order valence-electron chi connectivity index (χ4n) is 4.01. The number of benzene rings is 2. The summed E-state index contributed by atoms with van der Waals surface area (Å²) in [6.07, 6.45) is 8.38. The Hall–Kier alpha value is -3.32. The van der Waals surface area contributed by atoms with E-state index in [9.17, 15) is 9.18 Å². The Morgan fingerprint density at radius 3 is 2.55 bits per heavy atom. The SMILES string of the molecule is O=C(COc1ccc(-c2ncccn2)cc1CN1CCCCCC1)NCc1cccc(F)c1. The van der Waals surface area contributed by atoms with E-state index in [-0.39, 0.29) is 24.9 Å². The van der Waals surface area contributed by atoms with Crippen LogP contribution in [0.5, 0.6) is 5.75 Å². The third-order valence-corrected chi connectivity index (χ3v) is 5.71. The molecule has 1 aliphatic rings. The van der Waals surface area contributed by atoms with Gasteiger partial charge >= 0.3 is 0 Å². The van der Waals surface area contributed by atoms with Crippen LogP contribution in [0.3, 0.4) is 0 Å². The van der Waals surface area contributed by atoms with Crippen LogP contribution in [0.15, 0.2) is 60.9 Å². The van der Waals surface area contributed by atoms with Crippen LogP contribution >= 0.6 is 0 Å². The van der Waals surface area contributed by atoms with Gasteiger partial charge < -0.3 is 10.1 Å². The Bertz CT molecular complexity index is 1050. The quantitative estimate of drug-likeness (QED) is 0.555. The maximum absolute atomic E-state index is 13.3. The fraction of sp³-hybridized carbons (Fsp3) is 0.346. The summed E-state index contributed by atoms with van der Waals surface area (Å²) in [5.74, 6) is 0.767. The first-order chi connectivity index (χ1) is 16.2. The summed E-state index contributed by atoms with van der Waals surface area (Å²) in [6.45, 7) is 3.01. The van der Waals surface area contributed by atoms with Crippen molar-refractivity contribution in [2.75, 3.05) is 19.7 Å². The van der Waals surface area contributed by atoms with Crippen LogP contribution in [0.25, 0.3) is 11.4 Å². The molecule has 172 valence electrons. The van der Waals surface area contributed by atoms with Crippen molar-refractivity contribution < 1.29 is 13.9 Å². The molecule has 0 bridgehead atoms. The largest absolute Gasteiger partial charge is 0.483 e. The summed E-state index contributed by atoms with van der Waals surface area (Å²) in [5.41, 5.74) is 2.64. The first-order valence-corrected chi connectivity index (χ1v) is 11.4. The van der Waals surface area contributed by atoms with Gasteiger partial charge in [-0.05, 0) is 67.9 Å². The van der Waals surface area contributed by atoms with Crippen molar-refractivity contribution in [1.29, 1.82) is 0 Å². The number of rotatable bonds is 8. The number of carbonyl (C=O) groups is 1. The van der Waals surface area contributed by atoms with Crippen LogP contribution in [0.2, 0.25) is 0 Å². The second-order valence-electron chi connectivity index (χ2n) is 8.28. The van der Waals surface area contributed by atoms with E-state index in [0.717, 1.165) is 30.8 Å². The molecule has 1 N–H and O–H groups in total. The lowest BCUT2D eigenvalue weighted by atomic mass is 10.1. The van der Waals surface area contributed by atoms with Gasteiger partial charge in [0.25, 0.3) is 5.91 Å². The van der Waals surface area contributed by atoms with Gasteiger partial charge in [-0.3, -0.25) is 9.69 Å². The van der Waals surface area contributed by atoms with Crippen LogP contribution in [-0.2, 0) is 17.9 Å². The Morgan fingerprint density at radius 2 is 1.79 bits per heavy atom. The predicted molar refractivity (Wildman–Crippen MR) is 125 cm³/mol. The highest BCUT2D eigenvalue weighted by atomic mass is 19.1. The molecule has 33 heavy (non-hydrogen) atoms. The molecule has 2 aromatic carbocycles. The smallest absolute Gasteiger partial charge is 0.258 e. The minimum Gasteiger partial charge on any atom is -0.483 e. The van der Waals surface area contributed by atoms with Crippen LogP contribution in [0, 0.1) is 5.82 Å². The standard InChI is InChI=1S/C26H29FN4O2/c27-23-8-5-7-20(15-23)17-30-25(32)19-33-24-10-9-21(26-28-11-6-12-29-26)16-22(24)18-31-13-3-1-2-4-14-31/h5-12,15-16H,1-4,13-14,17-19H2,(H,30,32). The number of hydrogen-bond donors (Lipinski definition) is 1.